The van der Waals surface area contributed by atoms with Gasteiger partial charge in [0, 0.05) is 24.7 Å². The number of H-pyrrole nitrogens is 1. The van der Waals surface area contributed by atoms with Crippen molar-refractivity contribution in [2.24, 2.45) is 0 Å². The first-order valence-electron chi connectivity index (χ1n) is 9.79. The lowest BCUT2D eigenvalue weighted by molar-refractivity contribution is -0.112. The van der Waals surface area contributed by atoms with E-state index in [1.165, 1.54) is 57.5 Å². The van der Waals surface area contributed by atoms with E-state index < -0.39 is 15.9 Å². The van der Waals surface area contributed by atoms with Crippen molar-refractivity contribution in [1.29, 1.82) is 0 Å². The van der Waals surface area contributed by atoms with Crippen molar-refractivity contribution in [3.8, 4) is 11.4 Å². The number of rotatable bonds is 8. The summed E-state index contributed by atoms with van der Waals surface area (Å²) in [6, 6.07) is 11.9. The fourth-order valence-electron chi connectivity index (χ4n) is 3.00. The van der Waals surface area contributed by atoms with Crippen LogP contribution in [0.1, 0.15) is 19.4 Å². The van der Waals surface area contributed by atoms with E-state index in [0.29, 0.717) is 24.2 Å². The minimum absolute atomic E-state index is 0.113. The highest BCUT2D eigenvalue weighted by Gasteiger charge is 2.22. The van der Waals surface area contributed by atoms with Gasteiger partial charge >= 0.3 is 0 Å². The molecule has 0 aliphatic rings. The van der Waals surface area contributed by atoms with E-state index in [-0.39, 0.29) is 21.3 Å². The molecule has 1 amide bonds. The first kappa shape index (κ1) is 23.5. The number of benzene rings is 2. The molecule has 8 nitrogen and oxygen atoms in total. The molecule has 168 valence electrons. The fraction of sp³-hybridized carbons (Fsp3) is 0.190. The van der Waals surface area contributed by atoms with Crippen molar-refractivity contribution in [1.82, 2.24) is 19.2 Å². The lowest BCUT2D eigenvalue weighted by Crippen LogP contribution is -2.30. The SMILES string of the molecule is CCN(CC)S(=O)(=O)c1cccc(-c2n[nH]c(=S)n2NC(=O)C=Cc2ccc(F)cc2)c1. The summed E-state index contributed by atoms with van der Waals surface area (Å²) in [6.45, 7) is 4.23. The molecular weight excluding hydrogens is 453 g/mol. The third kappa shape index (κ3) is 5.18. The molecule has 32 heavy (non-hydrogen) atoms. The molecule has 0 aliphatic carbocycles. The Bertz CT molecular complexity index is 1290. The maximum absolute atomic E-state index is 13.0. The maximum Gasteiger partial charge on any atom is 0.262 e. The smallest absolute Gasteiger partial charge is 0.262 e. The van der Waals surface area contributed by atoms with Gasteiger partial charge in [-0.05, 0) is 48.1 Å². The maximum atomic E-state index is 13.0. The van der Waals surface area contributed by atoms with E-state index in [1.54, 1.807) is 26.0 Å². The summed E-state index contributed by atoms with van der Waals surface area (Å²) in [5.41, 5.74) is 3.70. The number of nitrogens with zero attached hydrogens (tertiary/aromatic N) is 3. The first-order valence-corrected chi connectivity index (χ1v) is 11.6. The van der Waals surface area contributed by atoms with E-state index in [2.05, 4.69) is 15.6 Å². The molecule has 3 rings (SSSR count). The van der Waals surface area contributed by atoms with Crippen LogP contribution >= 0.6 is 12.2 Å². The third-order valence-corrected chi connectivity index (χ3v) is 6.95. The van der Waals surface area contributed by atoms with Gasteiger partial charge in [-0.1, -0.05) is 38.1 Å². The summed E-state index contributed by atoms with van der Waals surface area (Å²) in [4.78, 5) is 12.5. The zero-order valence-corrected chi connectivity index (χ0v) is 19.1. The van der Waals surface area contributed by atoms with Gasteiger partial charge in [0.1, 0.15) is 5.82 Å². The molecule has 0 spiro atoms. The van der Waals surface area contributed by atoms with Gasteiger partial charge in [-0.3, -0.25) is 10.2 Å². The molecule has 0 radical (unpaired) electrons. The topological polar surface area (TPSA) is 100 Å². The van der Waals surface area contributed by atoms with Crippen LogP contribution < -0.4 is 5.43 Å². The predicted molar refractivity (Wildman–Crippen MR) is 123 cm³/mol. The van der Waals surface area contributed by atoms with Crippen molar-refractivity contribution in [2.45, 2.75) is 18.7 Å². The lowest BCUT2D eigenvalue weighted by Gasteiger charge is -2.18. The van der Waals surface area contributed by atoms with Crippen LogP contribution in [0.4, 0.5) is 4.39 Å². The van der Waals surface area contributed by atoms with Crippen LogP contribution in [-0.2, 0) is 14.8 Å². The standard InChI is InChI=1S/C21H22FN5O3S2/c1-3-26(4-2)32(29,30)18-7-5-6-16(14-18)20-23-24-21(31)27(20)25-19(28)13-10-15-8-11-17(22)12-9-15/h5-14H,3-4H2,1-2H3,(H,24,31)(H,25,28). The average Bonchev–Trinajstić information content (AvgIpc) is 3.14. The van der Waals surface area contributed by atoms with Crippen LogP contribution in [-0.4, -0.2) is 46.6 Å². The Morgan fingerprint density at radius 3 is 2.56 bits per heavy atom. The Hall–Kier alpha value is -3.15. The number of aromatic amines is 1. The molecule has 0 saturated heterocycles. The molecule has 0 atom stereocenters. The van der Waals surface area contributed by atoms with Gasteiger partial charge in [0.15, 0.2) is 5.82 Å². The van der Waals surface area contributed by atoms with Crippen molar-refractivity contribution >= 4 is 34.2 Å². The second-order valence-electron chi connectivity index (χ2n) is 6.67. The monoisotopic (exact) mass is 475 g/mol. The molecule has 2 aromatic carbocycles. The van der Waals surface area contributed by atoms with Gasteiger partial charge < -0.3 is 0 Å². The molecule has 0 fully saturated rings. The summed E-state index contributed by atoms with van der Waals surface area (Å²) >= 11 is 5.21. The Labute approximate surface area is 190 Å². The minimum Gasteiger partial charge on any atom is -0.268 e. The van der Waals surface area contributed by atoms with Gasteiger partial charge in [-0.2, -0.15) is 9.40 Å². The number of carbonyl (C=O) groups excluding carboxylic acids is 1. The van der Waals surface area contributed by atoms with Crippen molar-refractivity contribution < 1.29 is 17.6 Å². The molecule has 2 N–H and O–H groups in total. The Morgan fingerprint density at radius 1 is 1.22 bits per heavy atom. The molecule has 0 bridgehead atoms. The highest BCUT2D eigenvalue weighted by Crippen LogP contribution is 2.23. The van der Waals surface area contributed by atoms with E-state index >= 15 is 0 Å². The van der Waals surface area contributed by atoms with Crippen LogP contribution in [0.5, 0.6) is 0 Å². The molecule has 11 heteroatoms. The van der Waals surface area contributed by atoms with Crippen molar-refractivity contribution in [3.05, 3.63) is 70.8 Å². The molecule has 3 aromatic rings. The largest absolute Gasteiger partial charge is 0.268 e. The van der Waals surface area contributed by atoms with E-state index in [4.69, 9.17) is 12.2 Å². The molecule has 1 aromatic heterocycles. The first-order chi connectivity index (χ1) is 15.3. The summed E-state index contributed by atoms with van der Waals surface area (Å²) in [5, 5.41) is 6.73. The third-order valence-electron chi connectivity index (χ3n) is 4.63. The lowest BCUT2D eigenvalue weighted by atomic mass is 10.2. The van der Waals surface area contributed by atoms with Crippen LogP contribution in [0, 0.1) is 10.6 Å². The highest BCUT2D eigenvalue weighted by molar-refractivity contribution is 7.89. The Balaban J connectivity index is 1.88. The number of sulfonamides is 1. The molecule has 0 unspecified atom stereocenters. The normalized spacial score (nSPS) is 11.9. The van der Waals surface area contributed by atoms with Crippen LogP contribution in [0.3, 0.4) is 0 Å². The molecular formula is C21H22FN5O3S2. The highest BCUT2D eigenvalue weighted by atomic mass is 32.2. The minimum atomic E-state index is -3.67. The van der Waals surface area contributed by atoms with Crippen LogP contribution in [0.15, 0.2) is 59.5 Å². The van der Waals surface area contributed by atoms with Crippen molar-refractivity contribution in [2.75, 3.05) is 18.5 Å². The number of carbonyl (C=O) groups is 1. The van der Waals surface area contributed by atoms with E-state index in [9.17, 15) is 17.6 Å². The fourth-order valence-corrected chi connectivity index (χ4v) is 4.68. The Morgan fingerprint density at radius 2 is 1.91 bits per heavy atom. The second-order valence-corrected chi connectivity index (χ2v) is 8.99. The molecule has 0 aliphatic heterocycles. The quantitative estimate of drug-likeness (QED) is 0.383. The second kappa shape index (κ2) is 9.98. The summed E-state index contributed by atoms with van der Waals surface area (Å²) in [7, 11) is -3.67. The predicted octanol–water partition coefficient (Wildman–Crippen LogP) is 3.56. The summed E-state index contributed by atoms with van der Waals surface area (Å²) < 4.78 is 41.5. The number of nitrogens with one attached hydrogen (secondary N) is 2. The summed E-state index contributed by atoms with van der Waals surface area (Å²) in [5.74, 6) is -0.624. The van der Waals surface area contributed by atoms with Gasteiger partial charge in [0.05, 0.1) is 4.90 Å². The van der Waals surface area contributed by atoms with Crippen molar-refractivity contribution in [3.63, 3.8) is 0 Å². The molecule has 0 saturated carbocycles. The van der Waals surface area contributed by atoms with Crippen LogP contribution in [0.2, 0.25) is 0 Å². The van der Waals surface area contributed by atoms with E-state index in [1.807, 2.05) is 0 Å². The summed E-state index contributed by atoms with van der Waals surface area (Å²) in [6.07, 6.45) is 2.79. The van der Waals surface area contributed by atoms with Gasteiger partial charge in [0.25, 0.3) is 5.91 Å². The average molecular weight is 476 g/mol. The number of hydrogen-bond acceptors (Lipinski definition) is 5. The van der Waals surface area contributed by atoms with Crippen LogP contribution in [0.25, 0.3) is 17.5 Å². The number of amides is 1. The van der Waals surface area contributed by atoms with Gasteiger partial charge in [-0.25, -0.2) is 22.6 Å². The zero-order valence-electron chi connectivity index (χ0n) is 17.4. The molecule has 1 heterocycles. The zero-order chi connectivity index (χ0) is 23.3. The number of hydrogen-bond donors (Lipinski definition) is 2. The Kier molecular flexibility index (Phi) is 7.33. The van der Waals surface area contributed by atoms with Gasteiger partial charge in [-0.15, -0.1) is 0 Å². The number of halogens is 1. The number of aromatic nitrogens is 3. The van der Waals surface area contributed by atoms with E-state index in [0.717, 1.165) is 0 Å². The van der Waals surface area contributed by atoms with Gasteiger partial charge in [0.2, 0.25) is 14.8 Å².